The van der Waals surface area contributed by atoms with Gasteiger partial charge in [-0.2, -0.15) is 0 Å². The van der Waals surface area contributed by atoms with Gasteiger partial charge in [0.2, 0.25) is 5.82 Å². The van der Waals surface area contributed by atoms with Crippen molar-refractivity contribution in [2.24, 2.45) is 5.84 Å². The van der Waals surface area contributed by atoms with Crippen LogP contribution in [0.15, 0.2) is 30.3 Å². The molecule has 0 fully saturated rings. The van der Waals surface area contributed by atoms with E-state index in [1.807, 2.05) is 0 Å². The second kappa shape index (κ2) is 5.68. The van der Waals surface area contributed by atoms with Crippen molar-refractivity contribution < 1.29 is 9.31 Å². The summed E-state index contributed by atoms with van der Waals surface area (Å²) in [5, 5.41) is 13.7. The molecule has 0 saturated carbocycles. The van der Waals surface area contributed by atoms with E-state index in [9.17, 15) is 14.5 Å². The molecule has 0 bridgehead atoms. The molecule has 20 heavy (non-hydrogen) atoms. The SMILES string of the molecule is NNc1ccc([N+](=O)[O-])c(Nc2ccc(Cl)cc2F)n1. The first-order chi connectivity index (χ1) is 9.51. The van der Waals surface area contributed by atoms with Crippen LogP contribution in [-0.2, 0) is 0 Å². The van der Waals surface area contributed by atoms with Gasteiger partial charge in [-0.05, 0) is 24.3 Å². The molecule has 0 unspecified atom stereocenters. The minimum atomic E-state index is -0.653. The van der Waals surface area contributed by atoms with E-state index in [-0.39, 0.29) is 28.0 Å². The van der Waals surface area contributed by atoms with Crippen molar-refractivity contribution in [3.8, 4) is 0 Å². The van der Waals surface area contributed by atoms with Gasteiger partial charge in [0.25, 0.3) is 0 Å². The summed E-state index contributed by atoms with van der Waals surface area (Å²) < 4.78 is 13.7. The lowest BCUT2D eigenvalue weighted by molar-refractivity contribution is -0.384. The largest absolute Gasteiger partial charge is 0.332 e. The standard InChI is InChI=1S/C11H9ClFN5O2/c12-6-1-2-8(7(13)5-6)15-11-9(18(19)20)3-4-10(16-11)17-14/h1-5H,14H2,(H2,15,16,17). The van der Waals surface area contributed by atoms with Gasteiger partial charge < -0.3 is 10.7 Å². The molecule has 9 heteroatoms. The lowest BCUT2D eigenvalue weighted by Gasteiger charge is -2.09. The first-order valence-electron chi connectivity index (χ1n) is 5.35. The average Bonchev–Trinajstić information content (AvgIpc) is 2.41. The number of anilines is 3. The number of nitrogen functional groups attached to an aromatic ring is 1. The molecule has 0 radical (unpaired) electrons. The quantitative estimate of drug-likeness (QED) is 0.455. The number of hydrazine groups is 1. The Hall–Kier alpha value is -2.45. The van der Waals surface area contributed by atoms with Gasteiger partial charge in [0, 0.05) is 11.1 Å². The molecule has 0 aliphatic rings. The number of hydrogen-bond donors (Lipinski definition) is 3. The van der Waals surface area contributed by atoms with Crippen LogP contribution in [0.3, 0.4) is 0 Å². The molecule has 0 aliphatic carbocycles. The van der Waals surface area contributed by atoms with Gasteiger partial charge in [-0.15, -0.1) is 0 Å². The van der Waals surface area contributed by atoms with Crippen molar-refractivity contribution in [2.75, 3.05) is 10.7 Å². The molecule has 0 aliphatic heterocycles. The van der Waals surface area contributed by atoms with Crippen molar-refractivity contribution in [3.05, 3.63) is 51.3 Å². The fourth-order valence-corrected chi connectivity index (χ4v) is 1.65. The Kier molecular flexibility index (Phi) is 3.97. The summed E-state index contributed by atoms with van der Waals surface area (Å²) in [6.45, 7) is 0. The molecule has 0 amide bonds. The van der Waals surface area contributed by atoms with Crippen LogP contribution in [0.1, 0.15) is 0 Å². The van der Waals surface area contributed by atoms with Crippen LogP contribution in [0.2, 0.25) is 5.02 Å². The molecule has 2 aromatic rings. The summed E-state index contributed by atoms with van der Waals surface area (Å²) in [5.41, 5.74) is 1.96. The van der Waals surface area contributed by atoms with Crippen LogP contribution in [0.5, 0.6) is 0 Å². The number of nitro groups is 1. The molecule has 0 atom stereocenters. The first-order valence-corrected chi connectivity index (χ1v) is 5.73. The highest BCUT2D eigenvalue weighted by Crippen LogP contribution is 2.29. The van der Waals surface area contributed by atoms with E-state index in [1.54, 1.807) is 0 Å². The highest BCUT2D eigenvalue weighted by Gasteiger charge is 2.17. The van der Waals surface area contributed by atoms with Crippen LogP contribution < -0.4 is 16.6 Å². The number of nitrogens with two attached hydrogens (primary N) is 1. The number of rotatable bonds is 4. The maximum absolute atomic E-state index is 13.7. The average molecular weight is 298 g/mol. The number of pyridine rings is 1. The highest BCUT2D eigenvalue weighted by atomic mass is 35.5. The summed E-state index contributed by atoms with van der Waals surface area (Å²) in [7, 11) is 0. The van der Waals surface area contributed by atoms with E-state index in [1.165, 1.54) is 24.3 Å². The van der Waals surface area contributed by atoms with Crippen molar-refractivity contribution >= 4 is 34.6 Å². The summed E-state index contributed by atoms with van der Waals surface area (Å²) in [6, 6.07) is 6.43. The second-order valence-electron chi connectivity index (χ2n) is 3.71. The summed E-state index contributed by atoms with van der Waals surface area (Å²) in [5.74, 6) is 4.60. The molecular weight excluding hydrogens is 289 g/mol. The van der Waals surface area contributed by atoms with Gasteiger partial charge >= 0.3 is 5.69 Å². The van der Waals surface area contributed by atoms with Crippen LogP contribution in [-0.4, -0.2) is 9.91 Å². The predicted molar refractivity (Wildman–Crippen MR) is 73.4 cm³/mol. The highest BCUT2D eigenvalue weighted by molar-refractivity contribution is 6.30. The maximum Gasteiger partial charge on any atom is 0.311 e. The predicted octanol–water partition coefficient (Wildman–Crippen LogP) is 2.81. The monoisotopic (exact) mass is 297 g/mol. The van der Waals surface area contributed by atoms with E-state index in [2.05, 4.69) is 15.7 Å². The number of hydrogen-bond acceptors (Lipinski definition) is 6. The molecule has 0 saturated heterocycles. The Labute approximate surface area is 117 Å². The van der Waals surface area contributed by atoms with Gasteiger partial charge in [-0.1, -0.05) is 11.6 Å². The maximum atomic E-state index is 13.7. The normalized spacial score (nSPS) is 10.2. The number of aromatic nitrogens is 1. The van der Waals surface area contributed by atoms with E-state index in [0.29, 0.717) is 0 Å². The minimum Gasteiger partial charge on any atom is -0.332 e. The molecule has 4 N–H and O–H groups in total. The lowest BCUT2D eigenvalue weighted by Crippen LogP contribution is -2.10. The molecule has 104 valence electrons. The molecule has 2 rings (SSSR count). The van der Waals surface area contributed by atoms with Crippen LogP contribution >= 0.6 is 11.6 Å². The van der Waals surface area contributed by atoms with Gasteiger partial charge in [0.05, 0.1) is 10.6 Å². The van der Waals surface area contributed by atoms with Gasteiger partial charge in [-0.3, -0.25) is 10.1 Å². The zero-order valence-electron chi connectivity index (χ0n) is 9.93. The van der Waals surface area contributed by atoms with Gasteiger partial charge in [-0.25, -0.2) is 15.2 Å². The lowest BCUT2D eigenvalue weighted by atomic mass is 10.3. The Morgan fingerprint density at radius 2 is 2.10 bits per heavy atom. The van der Waals surface area contributed by atoms with Crippen LogP contribution in [0.25, 0.3) is 0 Å². The van der Waals surface area contributed by atoms with E-state index in [0.717, 1.165) is 6.07 Å². The molecular formula is C11H9ClFN5O2. The van der Waals surface area contributed by atoms with Crippen LogP contribution in [0, 0.1) is 15.9 Å². The molecule has 0 spiro atoms. The topological polar surface area (TPSA) is 106 Å². The van der Waals surface area contributed by atoms with Gasteiger partial charge in [0.1, 0.15) is 11.6 Å². The first kappa shape index (κ1) is 14.0. The fourth-order valence-electron chi connectivity index (χ4n) is 1.49. The Morgan fingerprint density at radius 1 is 1.35 bits per heavy atom. The molecule has 1 aromatic heterocycles. The van der Waals surface area contributed by atoms with Crippen LogP contribution in [0.4, 0.5) is 27.4 Å². The number of nitrogens with zero attached hydrogens (tertiary/aromatic N) is 2. The van der Waals surface area contributed by atoms with E-state index >= 15 is 0 Å². The zero-order valence-corrected chi connectivity index (χ0v) is 10.7. The Morgan fingerprint density at radius 3 is 2.70 bits per heavy atom. The van der Waals surface area contributed by atoms with Gasteiger partial charge in [0.15, 0.2) is 0 Å². The molecule has 1 aromatic carbocycles. The van der Waals surface area contributed by atoms with Crippen molar-refractivity contribution in [2.45, 2.75) is 0 Å². The number of benzene rings is 1. The summed E-state index contributed by atoms with van der Waals surface area (Å²) in [4.78, 5) is 14.2. The number of halogens is 2. The Bertz CT molecular complexity index is 667. The van der Waals surface area contributed by atoms with Crippen molar-refractivity contribution in [1.82, 2.24) is 4.98 Å². The van der Waals surface area contributed by atoms with Crippen molar-refractivity contribution in [1.29, 1.82) is 0 Å². The minimum absolute atomic E-state index is 0.0131. The third kappa shape index (κ3) is 2.92. The third-order valence-electron chi connectivity index (χ3n) is 2.40. The smallest absolute Gasteiger partial charge is 0.311 e. The van der Waals surface area contributed by atoms with E-state index < -0.39 is 10.7 Å². The fraction of sp³-hybridized carbons (Fsp3) is 0. The van der Waals surface area contributed by atoms with Crippen molar-refractivity contribution in [3.63, 3.8) is 0 Å². The molecule has 1 heterocycles. The third-order valence-corrected chi connectivity index (χ3v) is 2.64. The summed E-state index contributed by atoms with van der Waals surface area (Å²) in [6.07, 6.45) is 0. The molecule has 7 nitrogen and oxygen atoms in total. The second-order valence-corrected chi connectivity index (χ2v) is 4.15. The summed E-state index contributed by atoms with van der Waals surface area (Å²) >= 11 is 5.63. The zero-order chi connectivity index (χ0) is 14.7. The number of nitrogens with one attached hydrogen (secondary N) is 2. The van der Waals surface area contributed by atoms with E-state index in [4.69, 9.17) is 17.4 Å². The Balaban J connectivity index is 2.43.